The van der Waals surface area contributed by atoms with E-state index in [9.17, 15) is 0 Å². The van der Waals surface area contributed by atoms with Crippen molar-refractivity contribution in [1.82, 2.24) is 15.1 Å². The third-order valence-corrected chi connectivity index (χ3v) is 4.58. The van der Waals surface area contributed by atoms with Crippen LogP contribution in [0.3, 0.4) is 0 Å². The lowest BCUT2D eigenvalue weighted by atomic mass is 9.99. The molecule has 1 aliphatic heterocycles. The molecule has 1 unspecified atom stereocenters. The van der Waals surface area contributed by atoms with Gasteiger partial charge in [0.25, 0.3) is 0 Å². The van der Waals surface area contributed by atoms with E-state index in [2.05, 4.69) is 64.6 Å². The zero-order chi connectivity index (χ0) is 15.9. The van der Waals surface area contributed by atoms with Gasteiger partial charge >= 0.3 is 0 Å². The number of allylic oxidation sites excluding steroid dienone is 1. The van der Waals surface area contributed by atoms with Crippen molar-refractivity contribution in [2.24, 2.45) is 5.92 Å². The predicted molar refractivity (Wildman–Crippen MR) is 97.8 cm³/mol. The van der Waals surface area contributed by atoms with Crippen LogP contribution >= 0.6 is 15.9 Å². The summed E-state index contributed by atoms with van der Waals surface area (Å²) in [5, 5.41) is 11.6. The van der Waals surface area contributed by atoms with E-state index in [1.165, 1.54) is 24.8 Å². The summed E-state index contributed by atoms with van der Waals surface area (Å²) in [5.41, 5.74) is 1.41. The number of halogens is 1. The number of rotatable bonds is 7. The molecule has 122 valence electrons. The van der Waals surface area contributed by atoms with E-state index >= 15 is 0 Å². The van der Waals surface area contributed by atoms with Gasteiger partial charge in [0.2, 0.25) is 0 Å². The third-order valence-electron chi connectivity index (χ3n) is 4.00. The molecule has 0 amide bonds. The Bertz CT molecular complexity index is 545. The highest BCUT2D eigenvalue weighted by molar-refractivity contribution is 9.10. The Kier molecular flexibility index (Phi) is 6.55. The fourth-order valence-corrected chi connectivity index (χ4v) is 3.09. The average Bonchev–Trinajstić information content (AvgIpc) is 2.77. The van der Waals surface area contributed by atoms with Gasteiger partial charge in [0.1, 0.15) is 11.6 Å². The fourth-order valence-electron chi connectivity index (χ4n) is 2.69. The maximum atomic E-state index is 4.49. The molecular weight excluding hydrogens is 340 g/mol. The van der Waals surface area contributed by atoms with Crippen molar-refractivity contribution in [1.29, 1.82) is 0 Å². The Labute approximate surface area is 142 Å². The fraction of sp³-hybridized carbons (Fsp3) is 0.588. The predicted octanol–water partition coefficient (Wildman–Crippen LogP) is 4.62. The van der Waals surface area contributed by atoms with Gasteiger partial charge in [-0.1, -0.05) is 38.3 Å². The molecule has 1 atom stereocenters. The number of aromatic nitrogens is 2. The van der Waals surface area contributed by atoms with E-state index in [4.69, 9.17) is 0 Å². The zero-order valence-corrected chi connectivity index (χ0v) is 15.4. The maximum absolute atomic E-state index is 4.49. The highest BCUT2D eigenvalue weighted by Gasteiger charge is 2.20. The third kappa shape index (κ3) is 4.15. The summed E-state index contributed by atoms with van der Waals surface area (Å²) in [7, 11) is 0. The average molecular weight is 367 g/mol. The van der Waals surface area contributed by atoms with E-state index in [1.807, 2.05) is 10.9 Å². The molecule has 0 bridgehead atoms. The van der Waals surface area contributed by atoms with Crippen molar-refractivity contribution in [2.45, 2.75) is 46.5 Å². The SMILES string of the molecule is CC/C=C(\C)C1C=C(NCCCCC)n2ncc(Br)c2NC1. The van der Waals surface area contributed by atoms with Crippen LogP contribution in [0.5, 0.6) is 0 Å². The second-order valence-electron chi connectivity index (χ2n) is 5.78. The molecular formula is C17H27BrN4. The molecule has 2 N–H and O–H groups in total. The van der Waals surface area contributed by atoms with Crippen molar-refractivity contribution in [3.8, 4) is 0 Å². The Morgan fingerprint density at radius 1 is 1.50 bits per heavy atom. The first kappa shape index (κ1) is 17.1. The van der Waals surface area contributed by atoms with Gasteiger partial charge in [-0.05, 0) is 41.8 Å². The van der Waals surface area contributed by atoms with Gasteiger partial charge in [-0.25, -0.2) is 4.68 Å². The van der Waals surface area contributed by atoms with Crippen LogP contribution in [0.1, 0.15) is 46.5 Å². The smallest absolute Gasteiger partial charge is 0.145 e. The molecule has 4 nitrogen and oxygen atoms in total. The van der Waals surface area contributed by atoms with Gasteiger partial charge in [-0.15, -0.1) is 0 Å². The Morgan fingerprint density at radius 3 is 3.05 bits per heavy atom. The van der Waals surface area contributed by atoms with E-state index in [0.29, 0.717) is 5.92 Å². The van der Waals surface area contributed by atoms with Gasteiger partial charge in [0.15, 0.2) is 0 Å². The Hall–Kier alpha value is -1.23. The number of anilines is 1. The molecule has 1 aliphatic rings. The minimum Gasteiger partial charge on any atom is -0.370 e. The number of unbranched alkanes of at least 4 members (excludes halogenated alkanes) is 2. The quantitative estimate of drug-likeness (QED) is 0.546. The second-order valence-corrected chi connectivity index (χ2v) is 6.64. The molecule has 2 heterocycles. The van der Waals surface area contributed by atoms with Crippen LogP contribution < -0.4 is 10.6 Å². The molecule has 0 spiro atoms. The number of nitrogens with one attached hydrogen (secondary N) is 2. The first-order chi connectivity index (χ1) is 10.7. The normalized spacial score (nSPS) is 18.3. The lowest BCUT2D eigenvalue weighted by Gasteiger charge is -2.14. The summed E-state index contributed by atoms with van der Waals surface area (Å²) in [5.74, 6) is 2.50. The highest BCUT2D eigenvalue weighted by atomic mass is 79.9. The van der Waals surface area contributed by atoms with E-state index in [1.54, 1.807) is 0 Å². The lowest BCUT2D eigenvalue weighted by molar-refractivity contribution is 0.667. The van der Waals surface area contributed by atoms with E-state index < -0.39 is 0 Å². The Morgan fingerprint density at radius 2 is 2.32 bits per heavy atom. The molecule has 0 saturated carbocycles. The van der Waals surface area contributed by atoms with Crippen molar-refractivity contribution in [3.63, 3.8) is 0 Å². The van der Waals surface area contributed by atoms with Gasteiger partial charge in [0, 0.05) is 19.0 Å². The molecule has 1 aromatic rings. The molecule has 0 fully saturated rings. The summed E-state index contributed by atoms with van der Waals surface area (Å²) in [4.78, 5) is 0. The molecule has 1 aromatic heterocycles. The van der Waals surface area contributed by atoms with Crippen LogP contribution in [0.4, 0.5) is 5.82 Å². The van der Waals surface area contributed by atoms with Crippen LogP contribution in [-0.2, 0) is 0 Å². The van der Waals surface area contributed by atoms with Crippen LogP contribution in [0, 0.1) is 5.92 Å². The molecule has 22 heavy (non-hydrogen) atoms. The summed E-state index contributed by atoms with van der Waals surface area (Å²) >= 11 is 3.58. The topological polar surface area (TPSA) is 41.9 Å². The van der Waals surface area contributed by atoms with Gasteiger partial charge in [-0.3, -0.25) is 0 Å². The van der Waals surface area contributed by atoms with Crippen LogP contribution in [0.15, 0.2) is 28.4 Å². The second kappa shape index (κ2) is 8.42. The standard InChI is InChI=1S/C17H27BrN4/c1-4-6-7-9-19-16-10-14(13(3)8-5-2)11-20-17-15(18)12-21-22(16)17/h8,10,12,14,19-20H,4-7,9,11H2,1-3H3/b13-8+. The largest absolute Gasteiger partial charge is 0.370 e. The first-order valence-corrected chi connectivity index (χ1v) is 9.06. The van der Waals surface area contributed by atoms with Crippen molar-refractivity contribution in [3.05, 3.63) is 28.4 Å². The molecule has 0 aromatic carbocycles. The number of nitrogens with zero attached hydrogens (tertiary/aromatic N) is 2. The van der Waals surface area contributed by atoms with Crippen molar-refractivity contribution < 1.29 is 0 Å². The minimum absolute atomic E-state index is 0.391. The zero-order valence-electron chi connectivity index (χ0n) is 13.8. The molecule has 2 rings (SSSR count). The maximum Gasteiger partial charge on any atom is 0.145 e. The van der Waals surface area contributed by atoms with Gasteiger partial charge in [-0.2, -0.15) is 5.10 Å². The summed E-state index contributed by atoms with van der Waals surface area (Å²) < 4.78 is 2.97. The lowest BCUT2D eigenvalue weighted by Crippen LogP contribution is -2.20. The van der Waals surface area contributed by atoms with Crippen molar-refractivity contribution >= 4 is 27.6 Å². The molecule has 5 heteroatoms. The summed E-state index contributed by atoms with van der Waals surface area (Å²) in [6.45, 7) is 8.51. The monoisotopic (exact) mass is 366 g/mol. The molecule has 0 saturated heterocycles. The highest BCUT2D eigenvalue weighted by Crippen LogP contribution is 2.29. The van der Waals surface area contributed by atoms with Crippen LogP contribution in [0.2, 0.25) is 0 Å². The molecule has 0 radical (unpaired) electrons. The number of hydrogen-bond acceptors (Lipinski definition) is 3. The van der Waals surface area contributed by atoms with Gasteiger partial charge < -0.3 is 10.6 Å². The number of fused-ring (bicyclic) bond motifs is 1. The summed E-state index contributed by atoms with van der Waals surface area (Å²) in [6, 6.07) is 0. The Balaban J connectivity index is 2.21. The summed E-state index contributed by atoms with van der Waals surface area (Å²) in [6.07, 6.45) is 11.2. The van der Waals surface area contributed by atoms with E-state index in [-0.39, 0.29) is 0 Å². The first-order valence-electron chi connectivity index (χ1n) is 8.27. The van der Waals surface area contributed by atoms with Gasteiger partial charge in [0.05, 0.1) is 10.7 Å². The number of hydrogen-bond donors (Lipinski definition) is 2. The minimum atomic E-state index is 0.391. The van der Waals surface area contributed by atoms with Crippen LogP contribution in [0.25, 0.3) is 5.82 Å². The van der Waals surface area contributed by atoms with Crippen molar-refractivity contribution in [2.75, 3.05) is 18.4 Å². The van der Waals surface area contributed by atoms with Crippen LogP contribution in [-0.4, -0.2) is 22.9 Å². The molecule has 0 aliphatic carbocycles. The van der Waals surface area contributed by atoms with E-state index in [0.717, 1.165) is 35.6 Å².